The zero-order chi connectivity index (χ0) is 8.20. The highest BCUT2D eigenvalue weighted by Gasteiger charge is 2.13. The van der Waals surface area contributed by atoms with Crippen molar-refractivity contribution in [2.45, 2.75) is 26.7 Å². The molecule has 0 aromatic heterocycles. The molecule has 0 rings (SSSR count). The highest BCUT2D eigenvalue weighted by Crippen LogP contribution is 2.09. The van der Waals surface area contributed by atoms with E-state index >= 15 is 0 Å². The Morgan fingerprint density at radius 1 is 1.20 bits per heavy atom. The lowest BCUT2D eigenvalue weighted by Crippen LogP contribution is -2.12. The molecule has 0 N–H and O–H groups in total. The molecule has 0 amide bonds. The summed E-state index contributed by atoms with van der Waals surface area (Å²) in [6, 6.07) is 0. The number of hydrogen-bond donors (Lipinski definition) is 0. The fourth-order valence-corrected chi connectivity index (χ4v) is 1.86. The lowest BCUT2D eigenvalue weighted by Gasteiger charge is -2.06. The minimum Gasteiger partial charge on any atom is -0.197 e. The summed E-state index contributed by atoms with van der Waals surface area (Å²) >= 11 is 0. The molecule has 0 fully saturated rings. The summed E-state index contributed by atoms with van der Waals surface area (Å²) in [6.45, 7) is 3.78. The van der Waals surface area contributed by atoms with Crippen LogP contribution in [-0.4, -0.2) is 14.2 Å². The molecule has 0 aliphatic heterocycles. The van der Waals surface area contributed by atoms with Crippen LogP contribution in [0.2, 0.25) is 0 Å². The van der Waals surface area contributed by atoms with Crippen LogP contribution >= 0.6 is 0 Å². The van der Waals surface area contributed by atoms with Crippen molar-refractivity contribution in [3.63, 3.8) is 0 Å². The van der Waals surface area contributed by atoms with Gasteiger partial charge >= 0.3 is 0 Å². The summed E-state index contributed by atoms with van der Waals surface area (Å²) in [7, 11) is -4.00. The SMILES string of the molecule is CCC(CC)CS([O])(=O)=O. The smallest absolute Gasteiger partial charge is 0.197 e. The molecule has 10 heavy (non-hydrogen) atoms. The van der Waals surface area contributed by atoms with E-state index in [0.29, 0.717) is 0 Å². The molecule has 3 nitrogen and oxygen atoms in total. The maximum absolute atomic E-state index is 10.2. The lowest BCUT2D eigenvalue weighted by atomic mass is 10.1. The van der Waals surface area contributed by atoms with Crippen molar-refractivity contribution in [2.75, 3.05) is 5.75 Å². The van der Waals surface area contributed by atoms with Gasteiger partial charge in [-0.15, -0.1) is 0 Å². The monoisotopic (exact) mass is 165 g/mol. The van der Waals surface area contributed by atoms with Crippen LogP contribution in [0, 0.1) is 5.92 Å². The molecule has 0 spiro atoms. The summed E-state index contributed by atoms with van der Waals surface area (Å²) in [5.74, 6) is -0.164. The molecule has 1 radical (unpaired) electrons. The van der Waals surface area contributed by atoms with Crippen LogP contribution in [0.4, 0.5) is 0 Å². The topological polar surface area (TPSA) is 54.0 Å². The van der Waals surface area contributed by atoms with Gasteiger partial charge in [0.05, 0.1) is 5.75 Å². The lowest BCUT2D eigenvalue weighted by molar-refractivity contribution is 0.399. The van der Waals surface area contributed by atoms with Crippen molar-refractivity contribution >= 4 is 10.1 Å². The fraction of sp³-hybridized carbons (Fsp3) is 1.00. The van der Waals surface area contributed by atoms with Crippen LogP contribution in [0.25, 0.3) is 0 Å². The summed E-state index contributed by atoms with van der Waals surface area (Å²) in [6.07, 6.45) is 1.52. The second-order valence-corrected chi connectivity index (χ2v) is 3.86. The molecule has 0 saturated heterocycles. The summed E-state index contributed by atoms with van der Waals surface area (Å²) in [5.41, 5.74) is 0. The van der Waals surface area contributed by atoms with E-state index < -0.39 is 10.1 Å². The Bertz CT molecular complexity index is 167. The summed E-state index contributed by atoms with van der Waals surface area (Å²) in [5, 5.41) is 0. The average molecular weight is 165 g/mol. The van der Waals surface area contributed by atoms with Gasteiger partial charge in [-0.3, -0.25) is 0 Å². The van der Waals surface area contributed by atoms with Gasteiger partial charge in [-0.1, -0.05) is 31.2 Å². The largest absolute Gasteiger partial charge is 0.294 e. The molecule has 0 heterocycles. The fourth-order valence-electron chi connectivity index (χ4n) is 0.813. The van der Waals surface area contributed by atoms with E-state index in [9.17, 15) is 13.0 Å². The Balaban J connectivity index is 3.87. The molecule has 4 heteroatoms. The van der Waals surface area contributed by atoms with Crippen LogP contribution in [0.5, 0.6) is 0 Å². The van der Waals surface area contributed by atoms with Crippen molar-refractivity contribution in [1.29, 1.82) is 0 Å². The van der Waals surface area contributed by atoms with Gasteiger partial charge in [0, 0.05) is 0 Å². The van der Waals surface area contributed by atoms with E-state index in [1.807, 2.05) is 13.8 Å². The first kappa shape index (κ1) is 9.91. The Morgan fingerprint density at radius 3 is 1.70 bits per heavy atom. The molecule has 0 saturated carbocycles. The Morgan fingerprint density at radius 2 is 1.60 bits per heavy atom. The highest BCUT2D eigenvalue weighted by atomic mass is 32.2. The molecule has 0 atom stereocenters. The Hall–Kier alpha value is -0.0900. The van der Waals surface area contributed by atoms with Gasteiger partial charge in [0.1, 0.15) is 0 Å². The van der Waals surface area contributed by atoms with Gasteiger partial charge in [-0.05, 0) is 5.92 Å². The normalized spacial score (nSPS) is 12.4. The molecule has 0 unspecified atom stereocenters. The van der Waals surface area contributed by atoms with Crippen molar-refractivity contribution in [2.24, 2.45) is 5.92 Å². The van der Waals surface area contributed by atoms with Gasteiger partial charge in [-0.2, -0.15) is 8.42 Å². The van der Waals surface area contributed by atoms with E-state index in [0.717, 1.165) is 12.8 Å². The van der Waals surface area contributed by atoms with Crippen LogP contribution in [0.15, 0.2) is 0 Å². The summed E-state index contributed by atoms with van der Waals surface area (Å²) in [4.78, 5) is 0. The average Bonchev–Trinajstić information content (AvgIpc) is 1.81. The highest BCUT2D eigenvalue weighted by molar-refractivity contribution is 7.85. The Kier molecular flexibility index (Phi) is 3.89. The van der Waals surface area contributed by atoms with Crippen molar-refractivity contribution in [3.8, 4) is 0 Å². The zero-order valence-corrected chi connectivity index (χ0v) is 7.15. The van der Waals surface area contributed by atoms with Gasteiger partial charge in [0.25, 0.3) is 10.1 Å². The van der Waals surface area contributed by atoms with Crippen molar-refractivity contribution < 1.29 is 13.0 Å². The zero-order valence-electron chi connectivity index (χ0n) is 6.33. The maximum atomic E-state index is 10.2. The molecule has 61 valence electrons. The first-order chi connectivity index (χ1) is 4.49. The standard InChI is InChI=1S/C6H13O3S/c1-3-6(4-2)5-10(7,8)9/h6H,3-5H2,1-2H3. The van der Waals surface area contributed by atoms with E-state index in [1.54, 1.807) is 0 Å². The number of hydrogen-bond acceptors (Lipinski definition) is 2. The minimum atomic E-state index is -4.00. The van der Waals surface area contributed by atoms with Crippen LogP contribution < -0.4 is 0 Å². The van der Waals surface area contributed by atoms with E-state index in [1.165, 1.54) is 0 Å². The van der Waals surface area contributed by atoms with E-state index in [2.05, 4.69) is 0 Å². The second-order valence-electron chi connectivity index (χ2n) is 2.41. The Labute approximate surface area is 62.2 Å². The quantitative estimate of drug-likeness (QED) is 0.628. The van der Waals surface area contributed by atoms with E-state index in [4.69, 9.17) is 0 Å². The molecule has 0 aromatic carbocycles. The van der Waals surface area contributed by atoms with Gasteiger partial charge in [-0.25, -0.2) is 0 Å². The third-order valence-corrected chi connectivity index (χ3v) is 2.47. The number of rotatable bonds is 4. The molecule has 0 aliphatic rings. The molecular formula is C6H13O3S. The molecule has 0 bridgehead atoms. The molecular weight excluding hydrogens is 152 g/mol. The van der Waals surface area contributed by atoms with Crippen molar-refractivity contribution in [3.05, 3.63) is 0 Å². The predicted octanol–water partition coefficient (Wildman–Crippen LogP) is 1.18. The van der Waals surface area contributed by atoms with Crippen LogP contribution in [0.3, 0.4) is 0 Å². The van der Waals surface area contributed by atoms with Crippen molar-refractivity contribution in [1.82, 2.24) is 0 Å². The third-order valence-electron chi connectivity index (χ3n) is 1.59. The predicted molar refractivity (Wildman–Crippen MR) is 38.5 cm³/mol. The maximum Gasteiger partial charge on any atom is 0.294 e. The molecule has 0 aromatic rings. The van der Waals surface area contributed by atoms with Gasteiger partial charge < -0.3 is 0 Å². The first-order valence-corrected chi connectivity index (χ1v) is 5.00. The minimum absolute atomic E-state index is 0.0440. The van der Waals surface area contributed by atoms with Gasteiger partial charge in [0.2, 0.25) is 0 Å². The van der Waals surface area contributed by atoms with E-state index in [-0.39, 0.29) is 11.7 Å². The second kappa shape index (κ2) is 3.93. The first-order valence-electron chi connectivity index (χ1n) is 3.43. The third kappa shape index (κ3) is 4.76. The van der Waals surface area contributed by atoms with Crippen LogP contribution in [-0.2, 0) is 14.7 Å². The summed E-state index contributed by atoms with van der Waals surface area (Å²) < 4.78 is 30.6. The van der Waals surface area contributed by atoms with Crippen LogP contribution in [0.1, 0.15) is 26.7 Å². The molecule has 0 aliphatic carbocycles. The van der Waals surface area contributed by atoms with Gasteiger partial charge in [0.15, 0.2) is 0 Å².